The van der Waals surface area contributed by atoms with Crippen LogP contribution in [0.15, 0.2) is 53.4 Å². The summed E-state index contributed by atoms with van der Waals surface area (Å²) >= 11 is 0. The van der Waals surface area contributed by atoms with E-state index in [4.69, 9.17) is 9.88 Å². The molecule has 0 aromatic heterocycles. The predicted octanol–water partition coefficient (Wildman–Crippen LogP) is 1.26. The number of primary sulfonamides is 1. The number of esters is 1. The fraction of sp³-hybridized carbons (Fsp3) is 0.0714. The van der Waals surface area contributed by atoms with Crippen molar-refractivity contribution in [3.63, 3.8) is 0 Å². The molecule has 0 aliphatic carbocycles. The van der Waals surface area contributed by atoms with Gasteiger partial charge in [0.2, 0.25) is 10.0 Å². The van der Waals surface area contributed by atoms with Crippen molar-refractivity contribution in [2.24, 2.45) is 5.14 Å². The number of hydrogen-bond acceptors (Lipinski definition) is 7. The standard InChI is InChI=1S/C14H12N2O7S/c15-24(20,21)12-7-5-10(6-8-12)14(17)23-13-4-2-1-3-11(13)9-22-16(18)19/h1-8H,9H2,(H2,15,20,21). The number of benzene rings is 2. The van der Waals surface area contributed by atoms with Crippen molar-refractivity contribution < 1.29 is 27.9 Å². The van der Waals surface area contributed by atoms with Crippen LogP contribution in [0.1, 0.15) is 15.9 Å². The Morgan fingerprint density at radius 3 is 2.33 bits per heavy atom. The van der Waals surface area contributed by atoms with Crippen LogP contribution in [0.3, 0.4) is 0 Å². The summed E-state index contributed by atoms with van der Waals surface area (Å²) in [5.74, 6) is -0.663. The molecule has 0 atom stereocenters. The number of nitrogens with zero attached hydrogens (tertiary/aromatic N) is 1. The molecule has 10 heteroatoms. The molecule has 126 valence electrons. The second-order valence-corrected chi connectivity index (χ2v) is 6.13. The molecule has 2 aromatic rings. The summed E-state index contributed by atoms with van der Waals surface area (Å²) in [6.45, 7) is -0.374. The molecular weight excluding hydrogens is 340 g/mol. The van der Waals surface area contributed by atoms with Crippen LogP contribution >= 0.6 is 0 Å². The van der Waals surface area contributed by atoms with Gasteiger partial charge in [-0.2, -0.15) is 0 Å². The first-order chi connectivity index (χ1) is 11.3. The van der Waals surface area contributed by atoms with E-state index in [9.17, 15) is 23.3 Å². The third kappa shape index (κ3) is 4.51. The highest BCUT2D eigenvalue weighted by Crippen LogP contribution is 2.20. The third-order valence-corrected chi connectivity index (χ3v) is 3.85. The number of sulfonamides is 1. The van der Waals surface area contributed by atoms with Gasteiger partial charge in [-0.3, -0.25) is 0 Å². The average Bonchev–Trinajstić information content (AvgIpc) is 2.53. The van der Waals surface area contributed by atoms with Crippen molar-refractivity contribution in [1.82, 2.24) is 0 Å². The van der Waals surface area contributed by atoms with E-state index in [1.54, 1.807) is 12.1 Å². The van der Waals surface area contributed by atoms with Gasteiger partial charge in [-0.25, -0.2) is 18.4 Å². The molecule has 0 radical (unpaired) electrons. The zero-order chi connectivity index (χ0) is 17.7. The number of para-hydroxylation sites is 1. The summed E-state index contributed by atoms with van der Waals surface area (Å²) in [5.41, 5.74) is 0.399. The second kappa shape index (κ2) is 7.06. The zero-order valence-electron chi connectivity index (χ0n) is 12.1. The van der Waals surface area contributed by atoms with Crippen LogP contribution in [-0.2, 0) is 21.5 Å². The first kappa shape index (κ1) is 17.4. The summed E-state index contributed by atoms with van der Waals surface area (Å²) in [4.78, 5) is 26.5. The van der Waals surface area contributed by atoms with E-state index in [-0.39, 0.29) is 22.8 Å². The Morgan fingerprint density at radius 2 is 1.75 bits per heavy atom. The van der Waals surface area contributed by atoms with Crippen molar-refractivity contribution in [3.05, 3.63) is 69.8 Å². The predicted molar refractivity (Wildman–Crippen MR) is 81.0 cm³/mol. The van der Waals surface area contributed by atoms with Gasteiger partial charge in [-0.05, 0) is 30.3 Å². The molecular formula is C14H12N2O7S. The van der Waals surface area contributed by atoms with Gasteiger partial charge in [0.05, 0.1) is 10.5 Å². The fourth-order valence-electron chi connectivity index (χ4n) is 1.78. The van der Waals surface area contributed by atoms with Crippen LogP contribution in [0, 0.1) is 10.1 Å². The van der Waals surface area contributed by atoms with Crippen LogP contribution < -0.4 is 9.88 Å². The van der Waals surface area contributed by atoms with Gasteiger partial charge in [0.15, 0.2) is 0 Å². The Hall–Kier alpha value is -2.98. The molecule has 0 saturated heterocycles. The van der Waals surface area contributed by atoms with Gasteiger partial charge in [-0.15, -0.1) is 10.1 Å². The average molecular weight is 352 g/mol. The smallest absolute Gasteiger partial charge is 0.343 e. The fourth-order valence-corrected chi connectivity index (χ4v) is 2.30. The molecule has 0 fully saturated rings. The lowest BCUT2D eigenvalue weighted by molar-refractivity contribution is -0.763. The molecule has 2 N–H and O–H groups in total. The molecule has 0 saturated carbocycles. The minimum atomic E-state index is -3.86. The van der Waals surface area contributed by atoms with E-state index in [0.717, 1.165) is 0 Å². The Balaban J connectivity index is 2.16. The lowest BCUT2D eigenvalue weighted by Gasteiger charge is -2.09. The van der Waals surface area contributed by atoms with Gasteiger partial charge in [0.25, 0.3) is 5.09 Å². The van der Waals surface area contributed by atoms with Gasteiger partial charge in [0.1, 0.15) is 12.4 Å². The lowest BCUT2D eigenvalue weighted by atomic mass is 10.2. The normalized spacial score (nSPS) is 10.9. The number of hydrogen-bond donors (Lipinski definition) is 1. The maximum Gasteiger partial charge on any atom is 0.343 e. The molecule has 0 spiro atoms. The highest BCUT2D eigenvalue weighted by Gasteiger charge is 2.14. The van der Waals surface area contributed by atoms with Crippen LogP contribution in [0.5, 0.6) is 5.75 Å². The van der Waals surface area contributed by atoms with Crippen LogP contribution in [0.4, 0.5) is 0 Å². The first-order valence-electron chi connectivity index (χ1n) is 6.47. The lowest BCUT2D eigenvalue weighted by Crippen LogP contribution is -2.14. The molecule has 9 nitrogen and oxygen atoms in total. The molecule has 0 aliphatic rings. The van der Waals surface area contributed by atoms with Crippen LogP contribution in [0.2, 0.25) is 0 Å². The van der Waals surface area contributed by atoms with Crippen LogP contribution in [-0.4, -0.2) is 19.5 Å². The number of rotatable bonds is 6. The van der Waals surface area contributed by atoms with Gasteiger partial charge >= 0.3 is 5.97 Å². The van der Waals surface area contributed by atoms with Crippen molar-refractivity contribution in [3.8, 4) is 5.75 Å². The Labute approximate surface area is 136 Å². The number of carbonyl (C=O) groups is 1. The number of nitrogens with two attached hydrogens (primary N) is 1. The van der Waals surface area contributed by atoms with Crippen molar-refractivity contribution in [1.29, 1.82) is 0 Å². The minimum Gasteiger partial charge on any atom is -0.423 e. The van der Waals surface area contributed by atoms with E-state index in [2.05, 4.69) is 4.84 Å². The second-order valence-electron chi connectivity index (χ2n) is 4.56. The van der Waals surface area contributed by atoms with E-state index in [1.807, 2.05) is 0 Å². The molecule has 2 rings (SSSR count). The van der Waals surface area contributed by atoms with Gasteiger partial charge < -0.3 is 9.57 Å². The molecule has 24 heavy (non-hydrogen) atoms. The topological polar surface area (TPSA) is 139 Å². The van der Waals surface area contributed by atoms with Crippen molar-refractivity contribution in [2.75, 3.05) is 0 Å². The van der Waals surface area contributed by atoms with Crippen molar-refractivity contribution in [2.45, 2.75) is 11.5 Å². The Bertz CT molecular complexity index is 863. The SMILES string of the molecule is NS(=O)(=O)c1ccc(C(=O)Oc2ccccc2CO[N+](=O)[O-])cc1. The van der Waals surface area contributed by atoms with E-state index in [1.165, 1.54) is 36.4 Å². The highest BCUT2D eigenvalue weighted by molar-refractivity contribution is 7.89. The molecule has 0 heterocycles. The summed E-state index contributed by atoms with van der Waals surface area (Å²) in [7, 11) is -3.86. The summed E-state index contributed by atoms with van der Waals surface area (Å²) in [6.07, 6.45) is 0. The van der Waals surface area contributed by atoms with Gasteiger partial charge in [0, 0.05) is 5.56 Å². The number of carbonyl (C=O) groups excluding carboxylic acids is 1. The summed E-state index contributed by atoms with van der Waals surface area (Å²) in [6, 6.07) is 11.0. The Morgan fingerprint density at radius 1 is 1.12 bits per heavy atom. The maximum atomic E-state index is 12.1. The number of ether oxygens (including phenoxy) is 1. The van der Waals surface area contributed by atoms with Crippen molar-refractivity contribution >= 4 is 16.0 Å². The van der Waals surface area contributed by atoms with E-state index in [0.29, 0.717) is 5.56 Å². The quantitative estimate of drug-likeness (QED) is 0.357. The molecule has 0 bridgehead atoms. The van der Waals surface area contributed by atoms with E-state index >= 15 is 0 Å². The summed E-state index contributed by atoms with van der Waals surface area (Å²) in [5, 5.41) is 14.3. The van der Waals surface area contributed by atoms with Crippen LogP contribution in [0.25, 0.3) is 0 Å². The Kier molecular flexibility index (Phi) is 5.11. The molecule has 0 unspecified atom stereocenters. The molecule has 2 aromatic carbocycles. The maximum absolute atomic E-state index is 12.1. The third-order valence-electron chi connectivity index (χ3n) is 2.92. The van der Waals surface area contributed by atoms with E-state index < -0.39 is 21.1 Å². The first-order valence-corrected chi connectivity index (χ1v) is 8.02. The zero-order valence-corrected chi connectivity index (χ0v) is 12.9. The minimum absolute atomic E-state index is 0.0902. The molecule has 0 amide bonds. The monoisotopic (exact) mass is 352 g/mol. The molecule has 0 aliphatic heterocycles. The largest absolute Gasteiger partial charge is 0.423 e. The highest BCUT2D eigenvalue weighted by atomic mass is 32.2. The van der Waals surface area contributed by atoms with Gasteiger partial charge in [-0.1, -0.05) is 18.2 Å². The summed E-state index contributed by atoms with van der Waals surface area (Å²) < 4.78 is 27.5.